The maximum absolute atomic E-state index is 12.7. The summed E-state index contributed by atoms with van der Waals surface area (Å²) in [4.78, 5) is 22.4. The van der Waals surface area contributed by atoms with Gasteiger partial charge in [-0.15, -0.1) is 0 Å². The van der Waals surface area contributed by atoms with Gasteiger partial charge in [0.1, 0.15) is 0 Å². The Morgan fingerprint density at radius 3 is 2.53 bits per heavy atom. The third-order valence-corrected chi connectivity index (χ3v) is 9.11. The Hall–Kier alpha value is -3.47. The molecule has 1 amide bonds. The number of nitrogens with one attached hydrogen (secondary N) is 2. The molecule has 1 aliphatic heterocycles. The van der Waals surface area contributed by atoms with Crippen LogP contribution in [0.2, 0.25) is 0 Å². The zero-order chi connectivity index (χ0) is 26.5. The van der Waals surface area contributed by atoms with E-state index in [0.29, 0.717) is 17.8 Å². The van der Waals surface area contributed by atoms with Crippen LogP contribution in [0.4, 0.5) is 10.8 Å². The van der Waals surface area contributed by atoms with Crippen molar-refractivity contribution in [3.8, 4) is 0 Å². The predicted octanol–water partition coefficient (Wildman–Crippen LogP) is 4.21. The first-order valence-electron chi connectivity index (χ1n) is 12.7. The minimum absolute atomic E-state index is 0.170. The molecule has 1 fully saturated rings. The van der Waals surface area contributed by atoms with Crippen LogP contribution >= 0.6 is 11.3 Å². The number of nitrogens with zero attached hydrogens (tertiary/aromatic N) is 3. The number of sulfonamides is 1. The summed E-state index contributed by atoms with van der Waals surface area (Å²) in [6.45, 7) is 7.04. The molecule has 0 atom stereocenters. The molecule has 0 saturated carbocycles. The molecule has 1 aliphatic rings. The van der Waals surface area contributed by atoms with Crippen LogP contribution in [-0.4, -0.2) is 63.5 Å². The average molecular weight is 550 g/mol. The molecule has 1 saturated heterocycles. The van der Waals surface area contributed by atoms with Crippen LogP contribution < -0.4 is 14.9 Å². The van der Waals surface area contributed by atoms with Gasteiger partial charge in [-0.3, -0.25) is 14.4 Å². The maximum atomic E-state index is 12.7. The van der Waals surface area contributed by atoms with E-state index in [2.05, 4.69) is 45.0 Å². The monoisotopic (exact) mass is 549 g/mol. The highest BCUT2D eigenvalue weighted by Gasteiger charge is 2.20. The molecule has 10 heteroatoms. The maximum Gasteiger partial charge on any atom is 0.261 e. The van der Waals surface area contributed by atoms with Crippen molar-refractivity contribution >= 4 is 48.3 Å². The summed E-state index contributed by atoms with van der Waals surface area (Å²) in [7, 11) is -3.72. The second-order valence-corrected chi connectivity index (χ2v) is 11.9. The van der Waals surface area contributed by atoms with Crippen LogP contribution in [0.3, 0.4) is 0 Å². The second kappa shape index (κ2) is 11.5. The third-order valence-electron chi connectivity index (χ3n) is 6.64. The molecule has 5 rings (SSSR count). The van der Waals surface area contributed by atoms with Gasteiger partial charge < -0.3 is 10.2 Å². The number of hydrogen-bond acceptors (Lipinski definition) is 7. The number of thiazole rings is 1. The number of aromatic nitrogens is 1. The standard InChI is InChI=1S/C28H31N5O3S2/c1-2-21-11-12-25-26(19-21)37-28(30-25)33-17-15-32(16-18-33)14-13-29-27(34)22-7-6-8-23(20-22)31-38(35,36)24-9-4-3-5-10-24/h3-12,19-20,31H,2,13-18H2,1H3,(H,29,34). The topological polar surface area (TPSA) is 94.6 Å². The Labute approximate surface area is 227 Å². The zero-order valence-electron chi connectivity index (χ0n) is 21.3. The van der Waals surface area contributed by atoms with E-state index in [-0.39, 0.29) is 10.8 Å². The van der Waals surface area contributed by atoms with Crippen molar-refractivity contribution in [2.45, 2.75) is 18.2 Å². The highest BCUT2D eigenvalue weighted by Crippen LogP contribution is 2.30. The smallest absolute Gasteiger partial charge is 0.261 e. The summed E-state index contributed by atoms with van der Waals surface area (Å²) >= 11 is 1.75. The number of rotatable bonds is 9. The van der Waals surface area contributed by atoms with Gasteiger partial charge in [-0.1, -0.05) is 48.6 Å². The van der Waals surface area contributed by atoms with Crippen molar-refractivity contribution in [2.24, 2.45) is 0 Å². The second-order valence-electron chi connectivity index (χ2n) is 9.24. The Balaban J connectivity index is 1.10. The summed E-state index contributed by atoms with van der Waals surface area (Å²) in [5, 5.41) is 4.03. The molecule has 1 aromatic heterocycles. The summed E-state index contributed by atoms with van der Waals surface area (Å²) in [6.07, 6.45) is 1.02. The lowest BCUT2D eigenvalue weighted by atomic mass is 10.2. The van der Waals surface area contributed by atoms with Gasteiger partial charge in [-0.05, 0) is 54.4 Å². The quantitative estimate of drug-likeness (QED) is 0.325. The summed E-state index contributed by atoms with van der Waals surface area (Å²) in [6, 6.07) is 21.2. The normalized spacial score (nSPS) is 14.5. The van der Waals surface area contributed by atoms with Crippen LogP contribution in [0.5, 0.6) is 0 Å². The van der Waals surface area contributed by atoms with Crippen LogP contribution in [0.15, 0.2) is 77.7 Å². The van der Waals surface area contributed by atoms with E-state index >= 15 is 0 Å². The number of hydrogen-bond donors (Lipinski definition) is 2. The Morgan fingerprint density at radius 2 is 1.76 bits per heavy atom. The number of fused-ring (bicyclic) bond motifs is 1. The molecule has 0 radical (unpaired) electrons. The summed E-state index contributed by atoms with van der Waals surface area (Å²) in [5.74, 6) is -0.231. The Kier molecular flexibility index (Phi) is 7.92. The Morgan fingerprint density at radius 1 is 0.974 bits per heavy atom. The number of carbonyl (C=O) groups excluding carboxylic acids is 1. The number of piperazine rings is 1. The van der Waals surface area contributed by atoms with Gasteiger partial charge in [-0.25, -0.2) is 13.4 Å². The lowest BCUT2D eigenvalue weighted by Crippen LogP contribution is -2.48. The van der Waals surface area contributed by atoms with Crippen molar-refractivity contribution in [2.75, 3.05) is 48.9 Å². The number of anilines is 2. The highest BCUT2D eigenvalue weighted by atomic mass is 32.2. The average Bonchev–Trinajstić information content (AvgIpc) is 3.37. The predicted molar refractivity (Wildman–Crippen MR) is 154 cm³/mol. The van der Waals surface area contributed by atoms with Gasteiger partial charge in [0, 0.05) is 50.5 Å². The van der Waals surface area contributed by atoms with Crippen molar-refractivity contribution in [3.05, 3.63) is 83.9 Å². The molecule has 0 aliphatic carbocycles. The number of carbonyl (C=O) groups is 1. The van der Waals surface area contributed by atoms with Gasteiger partial charge in [0.2, 0.25) is 0 Å². The fourth-order valence-electron chi connectivity index (χ4n) is 4.44. The van der Waals surface area contributed by atoms with E-state index in [1.54, 1.807) is 53.8 Å². The van der Waals surface area contributed by atoms with Crippen LogP contribution in [-0.2, 0) is 16.4 Å². The molecule has 38 heavy (non-hydrogen) atoms. The fourth-order valence-corrected chi connectivity index (χ4v) is 6.59. The number of aryl methyl sites for hydroxylation is 1. The van der Waals surface area contributed by atoms with Gasteiger partial charge >= 0.3 is 0 Å². The van der Waals surface area contributed by atoms with Crippen molar-refractivity contribution in [1.29, 1.82) is 0 Å². The van der Waals surface area contributed by atoms with Gasteiger partial charge in [0.05, 0.1) is 15.1 Å². The van der Waals surface area contributed by atoms with Crippen molar-refractivity contribution < 1.29 is 13.2 Å². The van der Waals surface area contributed by atoms with E-state index in [4.69, 9.17) is 4.98 Å². The first kappa shape index (κ1) is 26.1. The molecule has 8 nitrogen and oxygen atoms in total. The molecule has 2 heterocycles. The van der Waals surface area contributed by atoms with E-state index in [9.17, 15) is 13.2 Å². The zero-order valence-corrected chi connectivity index (χ0v) is 22.9. The third kappa shape index (κ3) is 6.15. The molecule has 198 valence electrons. The molecular weight excluding hydrogens is 518 g/mol. The van der Waals surface area contributed by atoms with Crippen molar-refractivity contribution in [1.82, 2.24) is 15.2 Å². The number of benzene rings is 3. The summed E-state index contributed by atoms with van der Waals surface area (Å²) < 4.78 is 29.0. The first-order chi connectivity index (χ1) is 18.4. The van der Waals surface area contributed by atoms with E-state index < -0.39 is 10.0 Å². The fraction of sp³-hybridized carbons (Fsp3) is 0.286. The van der Waals surface area contributed by atoms with Crippen molar-refractivity contribution in [3.63, 3.8) is 0 Å². The van der Waals surface area contributed by atoms with E-state index in [1.165, 1.54) is 22.4 Å². The van der Waals surface area contributed by atoms with Gasteiger partial charge in [0.25, 0.3) is 15.9 Å². The van der Waals surface area contributed by atoms with E-state index in [0.717, 1.165) is 49.8 Å². The van der Waals surface area contributed by atoms with E-state index in [1.807, 2.05) is 0 Å². The lowest BCUT2D eigenvalue weighted by molar-refractivity contribution is 0.0948. The van der Waals surface area contributed by atoms with Gasteiger partial charge in [-0.2, -0.15) is 0 Å². The van der Waals surface area contributed by atoms with Crippen LogP contribution in [0.25, 0.3) is 10.2 Å². The molecule has 3 aromatic carbocycles. The molecule has 0 unspecified atom stereocenters. The molecule has 0 bridgehead atoms. The van der Waals surface area contributed by atoms with Crippen LogP contribution in [0.1, 0.15) is 22.8 Å². The van der Waals surface area contributed by atoms with Gasteiger partial charge in [0.15, 0.2) is 5.13 Å². The molecule has 2 N–H and O–H groups in total. The Bertz CT molecular complexity index is 1510. The SMILES string of the molecule is CCc1ccc2nc(N3CCN(CCNC(=O)c4cccc(NS(=O)(=O)c5ccccc5)c4)CC3)sc2c1. The highest BCUT2D eigenvalue weighted by molar-refractivity contribution is 7.92. The molecule has 4 aromatic rings. The molecule has 0 spiro atoms. The lowest BCUT2D eigenvalue weighted by Gasteiger charge is -2.34. The number of amides is 1. The van der Waals surface area contributed by atoms with Crippen LogP contribution in [0, 0.1) is 0 Å². The molecular formula is C28H31N5O3S2. The summed E-state index contributed by atoms with van der Waals surface area (Å²) in [5.41, 5.74) is 3.15. The minimum Gasteiger partial charge on any atom is -0.351 e. The largest absolute Gasteiger partial charge is 0.351 e. The first-order valence-corrected chi connectivity index (χ1v) is 15.0. The minimum atomic E-state index is -3.72.